The highest BCUT2D eigenvalue weighted by Crippen LogP contribution is 2.20. The maximum atomic E-state index is 13.9. The van der Waals surface area contributed by atoms with Crippen molar-refractivity contribution >= 4 is 34.3 Å². The molecule has 0 aromatic carbocycles. The summed E-state index contributed by atoms with van der Waals surface area (Å²) in [6.45, 7) is 0.903. The summed E-state index contributed by atoms with van der Waals surface area (Å²) in [4.78, 5) is 15.1. The first-order valence-electron chi connectivity index (χ1n) is 7.03. The summed E-state index contributed by atoms with van der Waals surface area (Å²) in [6.07, 6.45) is -1.83. The first-order valence-corrected chi connectivity index (χ1v) is 8.49. The Bertz CT molecular complexity index is 842. The lowest BCUT2D eigenvalue weighted by Crippen LogP contribution is -2.33. The molecule has 27 heavy (non-hydrogen) atoms. The van der Waals surface area contributed by atoms with Crippen LogP contribution in [0, 0.1) is 5.82 Å². The Hall–Kier alpha value is -2.02. The quantitative estimate of drug-likeness (QED) is 0.442. The molecule has 1 unspecified atom stereocenters. The molecule has 0 aliphatic rings. The van der Waals surface area contributed by atoms with Gasteiger partial charge in [0.15, 0.2) is 5.82 Å². The summed E-state index contributed by atoms with van der Waals surface area (Å²) < 4.78 is 69.7. The lowest BCUT2D eigenvalue weighted by molar-refractivity contribution is -0.143. The number of halogens is 5. The zero-order valence-corrected chi connectivity index (χ0v) is 15.5. The molecule has 13 heteroatoms. The molecule has 150 valence electrons. The normalized spacial score (nSPS) is 13.4. The van der Waals surface area contributed by atoms with Gasteiger partial charge in [-0.1, -0.05) is 11.6 Å². The fraction of sp³-hybridized carbons (Fsp3) is 0.286. The smallest absolute Gasteiger partial charge is 0.403 e. The van der Waals surface area contributed by atoms with Gasteiger partial charge in [0.25, 0.3) is 5.91 Å². The van der Waals surface area contributed by atoms with Crippen molar-refractivity contribution in [2.75, 3.05) is 5.32 Å². The predicted molar refractivity (Wildman–Crippen MR) is 89.5 cm³/mol. The van der Waals surface area contributed by atoms with Crippen molar-refractivity contribution in [3.63, 3.8) is 0 Å². The molecule has 2 aromatic rings. The predicted octanol–water partition coefficient (Wildman–Crippen LogP) is 2.60. The molecule has 2 rings (SSSR count). The molecule has 0 aliphatic heterocycles. The molecule has 7 nitrogen and oxygen atoms in total. The number of anilines is 1. The molecule has 1 amide bonds. The Labute approximate surface area is 158 Å². The van der Waals surface area contributed by atoms with Crippen LogP contribution < -0.4 is 11.1 Å². The molecule has 0 saturated carbocycles. The number of carbonyl (C=O) groups is 1. The third-order valence-electron chi connectivity index (χ3n) is 2.98. The highest BCUT2D eigenvalue weighted by Gasteiger charge is 2.32. The molecule has 0 fully saturated rings. The highest BCUT2D eigenvalue weighted by molar-refractivity contribution is 7.79. The fourth-order valence-electron chi connectivity index (χ4n) is 1.62. The monoisotopic (exact) mass is 429 g/mol. The number of nitrogens with one attached hydrogen (secondary N) is 1. The van der Waals surface area contributed by atoms with Crippen LogP contribution in [-0.4, -0.2) is 36.4 Å². The van der Waals surface area contributed by atoms with Crippen molar-refractivity contribution in [1.82, 2.24) is 9.55 Å². The van der Waals surface area contributed by atoms with Crippen LogP contribution >= 0.6 is 11.6 Å². The van der Waals surface area contributed by atoms with Crippen molar-refractivity contribution in [2.24, 2.45) is 12.8 Å². The molecule has 0 saturated heterocycles. The number of nitrogens with two attached hydrogens (primary N) is 1. The van der Waals surface area contributed by atoms with Gasteiger partial charge in [-0.3, -0.25) is 9.00 Å². The van der Waals surface area contributed by atoms with Crippen LogP contribution in [-0.2, 0) is 18.1 Å². The van der Waals surface area contributed by atoms with Crippen LogP contribution in [0.5, 0.6) is 0 Å². The maximum Gasteiger partial charge on any atom is 0.403 e. The average molecular weight is 430 g/mol. The molecule has 2 aromatic heterocycles. The fourth-order valence-corrected chi connectivity index (χ4v) is 2.28. The Balaban J connectivity index is 0.000000445. The second-order valence-corrected chi connectivity index (χ2v) is 6.45. The number of hydrogen-bond acceptors (Lipinski definition) is 5. The number of nitrogens with zero attached hydrogens (tertiary/aromatic N) is 2. The van der Waals surface area contributed by atoms with Crippen molar-refractivity contribution in [2.45, 2.75) is 24.0 Å². The van der Waals surface area contributed by atoms with E-state index in [2.05, 4.69) is 16.0 Å². The van der Waals surface area contributed by atoms with Crippen LogP contribution in [0.3, 0.4) is 0 Å². The summed E-state index contributed by atoms with van der Waals surface area (Å²) in [6, 6.07) is 1.15. The van der Waals surface area contributed by atoms with Gasteiger partial charge >= 0.3 is 6.18 Å². The van der Waals surface area contributed by atoms with Gasteiger partial charge in [-0.05, 0) is 30.1 Å². The minimum absolute atomic E-state index is 0.163. The number of amides is 1. The van der Waals surface area contributed by atoms with Gasteiger partial charge in [0.2, 0.25) is 0 Å². The lowest BCUT2D eigenvalue weighted by Gasteiger charge is -2.07. The Morgan fingerprint density at radius 3 is 2.44 bits per heavy atom. The van der Waals surface area contributed by atoms with Gasteiger partial charge in [0.05, 0.1) is 10.9 Å². The average Bonchev–Trinajstić information content (AvgIpc) is 2.82. The number of aromatic nitrogens is 2. The Morgan fingerprint density at radius 1 is 1.48 bits per heavy atom. The minimum atomic E-state index is -4.22. The van der Waals surface area contributed by atoms with E-state index in [4.69, 9.17) is 11.6 Å². The van der Waals surface area contributed by atoms with Crippen molar-refractivity contribution in [1.29, 1.82) is 0 Å². The second-order valence-electron chi connectivity index (χ2n) is 5.15. The van der Waals surface area contributed by atoms with Crippen LogP contribution in [0.2, 0.25) is 5.15 Å². The van der Waals surface area contributed by atoms with E-state index in [1.165, 1.54) is 25.4 Å². The molecule has 0 radical (unpaired) electrons. The third kappa shape index (κ3) is 6.57. The number of alkyl halides is 3. The standard InChI is InChI=1S/C11H9ClFN3O3S.C3H6F3N/c1-16-5-7(20(18)19)9(13)10(16)11(17)15-6-2-3-14-8(12)4-6;1-2(7)3(4,5)6/h2-5H,1H3,(H,18,19)(H,14,15,17);2H,7H2,1H3/p-1/t;2-/m.1/s1. The molecule has 2 atom stereocenters. The molecular formula is C14H14ClF4N4O3S-. The largest absolute Gasteiger partial charge is 0.768 e. The third-order valence-corrected chi connectivity index (χ3v) is 3.83. The van der Waals surface area contributed by atoms with Gasteiger partial charge in [-0.2, -0.15) is 13.2 Å². The van der Waals surface area contributed by atoms with Gasteiger partial charge in [-0.15, -0.1) is 0 Å². The zero-order chi connectivity index (χ0) is 20.9. The molecule has 0 spiro atoms. The van der Waals surface area contributed by atoms with Crippen LogP contribution in [0.1, 0.15) is 17.4 Å². The van der Waals surface area contributed by atoms with E-state index in [1.807, 2.05) is 0 Å². The van der Waals surface area contributed by atoms with Gasteiger partial charge < -0.3 is 20.2 Å². The first kappa shape index (κ1) is 23.0. The minimum Gasteiger partial charge on any atom is -0.768 e. The van der Waals surface area contributed by atoms with E-state index >= 15 is 0 Å². The molecule has 0 bridgehead atoms. The van der Waals surface area contributed by atoms with Crippen LogP contribution in [0.25, 0.3) is 0 Å². The number of aryl methyl sites for hydroxylation is 1. The Morgan fingerprint density at radius 2 is 2.04 bits per heavy atom. The summed E-state index contributed by atoms with van der Waals surface area (Å²) in [5, 5.41) is 2.57. The molecule has 0 aliphatic carbocycles. The molecular weight excluding hydrogens is 416 g/mol. The SMILES string of the molecule is C[C@@H](N)C(F)(F)F.Cn1cc(S(=O)[O-])c(F)c1C(=O)Nc1ccnc(Cl)c1. The topological polar surface area (TPSA) is 113 Å². The van der Waals surface area contributed by atoms with Crippen molar-refractivity contribution in [3.8, 4) is 0 Å². The van der Waals surface area contributed by atoms with Crippen LogP contribution in [0.15, 0.2) is 29.4 Å². The first-order chi connectivity index (χ1) is 12.3. The van der Waals surface area contributed by atoms with E-state index < -0.39 is 45.6 Å². The van der Waals surface area contributed by atoms with E-state index in [9.17, 15) is 31.1 Å². The zero-order valence-electron chi connectivity index (χ0n) is 13.9. The summed E-state index contributed by atoms with van der Waals surface area (Å²) in [5.74, 6) is -1.89. The Kier molecular flexibility index (Phi) is 7.90. The summed E-state index contributed by atoms with van der Waals surface area (Å²) in [5.41, 5.74) is 4.37. The number of carbonyl (C=O) groups excluding carboxylic acids is 1. The van der Waals surface area contributed by atoms with E-state index in [0.717, 1.165) is 17.7 Å². The number of hydrogen-bond donors (Lipinski definition) is 2. The van der Waals surface area contributed by atoms with Crippen LogP contribution in [0.4, 0.5) is 23.2 Å². The van der Waals surface area contributed by atoms with Gasteiger partial charge in [0, 0.05) is 25.1 Å². The van der Waals surface area contributed by atoms with Gasteiger partial charge in [0.1, 0.15) is 10.8 Å². The summed E-state index contributed by atoms with van der Waals surface area (Å²) >= 11 is 2.91. The van der Waals surface area contributed by atoms with E-state index in [1.54, 1.807) is 0 Å². The van der Waals surface area contributed by atoms with E-state index in [-0.39, 0.29) is 5.15 Å². The lowest BCUT2D eigenvalue weighted by atomic mass is 10.3. The molecule has 3 N–H and O–H groups in total. The molecule has 2 heterocycles. The highest BCUT2D eigenvalue weighted by atomic mass is 35.5. The van der Waals surface area contributed by atoms with Crippen molar-refractivity contribution < 1.29 is 31.1 Å². The summed E-state index contributed by atoms with van der Waals surface area (Å²) in [7, 11) is 1.37. The van der Waals surface area contributed by atoms with Crippen molar-refractivity contribution in [3.05, 3.63) is 41.2 Å². The number of pyridine rings is 1. The maximum absolute atomic E-state index is 13.9. The number of rotatable bonds is 3. The second kappa shape index (κ2) is 9.26. The van der Waals surface area contributed by atoms with Gasteiger partial charge in [-0.25, -0.2) is 9.37 Å². The van der Waals surface area contributed by atoms with E-state index in [0.29, 0.717) is 5.69 Å².